The van der Waals surface area contributed by atoms with Crippen molar-refractivity contribution in [2.75, 3.05) is 0 Å². The molecule has 1 unspecified atom stereocenters. The van der Waals surface area contributed by atoms with Crippen LogP contribution in [-0.4, -0.2) is 11.9 Å². The average molecular weight is 179 g/mol. The van der Waals surface area contributed by atoms with Gasteiger partial charge in [-0.2, -0.15) is 0 Å². The molecule has 0 radical (unpaired) electrons. The van der Waals surface area contributed by atoms with Crippen LogP contribution in [0.4, 0.5) is 0 Å². The highest BCUT2D eigenvalue weighted by atomic mass is 16.2. The first-order chi connectivity index (χ1) is 6.27. The van der Waals surface area contributed by atoms with Gasteiger partial charge in [-0.05, 0) is 32.1 Å². The summed E-state index contributed by atoms with van der Waals surface area (Å²) in [6.07, 6.45) is 6.80. The van der Waals surface area contributed by atoms with Crippen molar-refractivity contribution in [1.82, 2.24) is 5.32 Å². The molecule has 13 heavy (non-hydrogen) atoms. The molecule has 1 amide bonds. The van der Waals surface area contributed by atoms with Crippen LogP contribution in [0.15, 0.2) is 12.2 Å². The molecule has 2 aliphatic carbocycles. The van der Waals surface area contributed by atoms with E-state index in [1.165, 1.54) is 25.7 Å². The van der Waals surface area contributed by atoms with E-state index < -0.39 is 0 Å². The zero-order valence-corrected chi connectivity index (χ0v) is 8.01. The van der Waals surface area contributed by atoms with Gasteiger partial charge in [-0.25, -0.2) is 0 Å². The lowest BCUT2D eigenvalue weighted by atomic mass is 9.84. The predicted molar refractivity (Wildman–Crippen MR) is 52.3 cm³/mol. The molecule has 0 heterocycles. The molecule has 0 aromatic heterocycles. The minimum Gasteiger partial charge on any atom is -0.353 e. The monoisotopic (exact) mass is 179 g/mol. The van der Waals surface area contributed by atoms with Crippen molar-refractivity contribution in [2.45, 2.75) is 44.6 Å². The van der Waals surface area contributed by atoms with Crippen molar-refractivity contribution in [1.29, 1.82) is 0 Å². The van der Waals surface area contributed by atoms with E-state index in [1.54, 1.807) is 0 Å². The Hall–Kier alpha value is -0.790. The van der Waals surface area contributed by atoms with Crippen LogP contribution in [0.5, 0.6) is 0 Å². The highest BCUT2D eigenvalue weighted by molar-refractivity contribution is 5.82. The van der Waals surface area contributed by atoms with Crippen LogP contribution in [0.3, 0.4) is 0 Å². The molecule has 2 rings (SSSR count). The van der Waals surface area contributed by atoms with Crippen molar-refractivity contribution in [3.8, 4) is 0 Å². The summed E-state index contributed by atoms with van der Waals surface area (Å²) in [7, 11) is 0. The Balaban J connectivity index is 1.88. The third kappa shape index (κ3) is 2.11. The first kappa shape index (κ1) is 8.79. The van der Waals surface area contributed by atoms with Gasteiger partial charge in [0.2, 0.25) is 5.91 Å². The van der Waals surface area contributed by atoms with Gasteiger partial charge in [-0.1, -0.05) is 18.6 Å². The standard InChI is InChI=1S/C11H17NO/c1-8-4-2-3-5-10(8)11(13)12-9-6-7-9/h9-10H,1-7H2,(H,12,13). The maximum absolute atomic E-state index is 11.7. The van der Waals surface area contributed by atoms with E-state index in [0.717, 1.165) is 18.4 Å². The van der Waals surface area contributed by atoms with Crippen molar-refractivity contribution in [3.05, 3.63) is 12.2 Å². The summed E-state index contributed by atoms with van der Waals surface area (Å²) < 4.78 is 0. The van der Waals surface area contributed by atoms with Crippen molar-refractivity contribution in [3.63, 3.8) is 0 Å². The largest absolute Gasteiger partial charge is 0.353 e. The number of carbonyl (C=O) groups is 1. The highest BCUT2D eigenvalue weighted by Crippen LogP contribution is 2.29. The average Bonchev–Trinajstić information content (AvgIpc) is 2.89. The molecule has 1 atom stereocenters. The van der Waals surface area contributed by atoms with Gasteiger partial charge in [0.05, 0.1) is 5.92 Å². The number of carbonyl (C=O) groups excluding carboxylic acids is 1. The molecule has 0 aromatic rings. The van der Waals surface area contributed by atoms with Gasteiger partial charge < -0.3 is 5.32 Å². The smallest absolute Gasteiger partial charge is 0.227 e. The lowest BCUT2D eigenvalue weighted by Crippen LogP contribution is -2.34. The van der Waals surface area contributed by atoms with E-state index in [1.807, 2.05) is 0 Å². The van der Waals surface area contributed by atoms with Crippen LogP contribution in [-0.2, 0) is 4.79 Å². The van der Waals surface area contributed by atoms with Gasteiger partial charge in [0.1, 0.15) is 0 Å². The summed E-state index contributed by atoms with van der Waals surface area (Å²) in [4.78, 5) is 11.7. The first-order valence-electron chi connectivity index (χ1n) is 5.25. The van der Waals surface area contributed by atoms with Crippen LogP contribution in [0.2, 0.25) is 0 Å². The summed E-state index contributed by atoms with van der Waals surface area (Å²) in [5.41, 5.74) is 1.14. The molecule has 2 heteroatoms. The van der Waals surface area contributed by atoms with Crippen LogP contribution < -0.4 is 5.32 Å². The molecular weight excluding hydrogens is 162 g/mol. The summed E-state index contributed by atoms with van der Waals surface area (Å²) in [5, 5.41) is 3.05. The summed E-state index contributed by atoms with van der Waals surface area (Å²) in [5.74, 6) is 0.349. The quantitative estimate of drug-likeness (QED) is 0.645. The van der Waals surface area contributed by atoms with Crippen LogP contribution >= 0.6 is 0 Å². The fraction of sp³-hybridized carbons (Fsp3) is 0.727. The van der Waals surface area contributed by atoms with Crippen LogP contribution in [0.25, 0.3) is 0 Å². The molecule has 72 valence electrons. The Morgan fingerprint density at radius 3 is 2.69 bits per heavy atom. The molecule has 0 saturated heterocycles. The van der Waals surface area contributed by atoms with Crippen molar-refractivity contribution < 1.29 is 4.79 Å². The van der Waals surface area contributed by atoms with Gasteiger partial charge in [-0.3, -0.25) is 4.79 Å². The molecule has 0 bridgehead atoms. The zero-order chi connectivity index (χ0) is 9.26. The fourth-order valence-electron chi connectivity index (χ4n) is 1.92. The van der Waals surface area contributed by atoms with Gasteiger partial charge in [-0.15, -0.1) is 0 Å². The molecule has 2 fully saturated rings. The predicted octanol–water partition coefficient (Wildman–Crippen LogP) is 2.01. The van der Waals surface area contributed by atoms with E-state index in [0.29, 0.717) is 6.04 Å². The van der Waals surface area contributed by atoms with E-state index in [9.17, 15) is 4.79 Å². The van der Waals surface area contributed by atoms with E-state index >= 15 is 0 Å². The molecule has 1 N–H and O–H groups in total. The second kappa shape index (κ2) is 3.52. The number of rotatable bonds is 2. The number of amides is 1. The van der Waals surface area contributed by atoms with Crippen molar-refractivity contribution >= 4 is 5.91 Å². The Labute approximate surface area is 79.4 Å². The lowest BCUT2D eigenvalue weighted by Gasteiger charge is -2.23. The molecule has 0 aliphatic heterocycles. The second-order valence-electron chi connectivity index (χ2n) is 4.24. The van der Waals surface area contributed by atoms with Crippen LogP contribution in [0.1, 0.15) is 38.5 Å². The minimum atomic E-state index is 0.120. The lowest BCUT2D eigenvalue weighted by molar-refractivity contribution is -0.124. The van der Waals surface area contributed by atoms with Crippen molar-refractivity contribution in [2.24, 2.45) is 5.92 Å². The summed E-state index contributed by atoms with van der Waals surface area (Å²) >= 11 is 0. The zero-order valence-electron chi connectivity index (χ0n) is 8.01. The molecular formula is C11H17NO. The van der Waals surface area contributed by atoms with Gasteiger partial charge in [0.15, 0.2) is 0 Å². The van der Waals surface area contributed by atoms with Crippen LogP contribution in [0, 0.1) is 5.92 Å². The molecule has 0 aromatic carbocycles. The number of nitrogens with one attached hydrogen (secondary N) is 1. The third-order valence-electron chi connectivity index (χ3n) is 2.97. The topological polar surface area (TPSA) is 29.1 Å². The Morgan fingerprint density at radius 1 is 1.31 bits per heavy atom. The second-order valence-corrected chi connectivity index (χ2v) is 4.24. The minimum absolute atomic E-state index is 0.120. The number of hydrogen-bond donors (Lipinski definition) is 1. The highest BCUT2D eigenvalue weighted by Gasteiger charge is 2.29. The Kier molecular flexibility index (Phi) is 2.38. The summed E-state index contributed by atoms with van der Waals surface area (Å²) in [6, 6.07) is 0.488. The van der Waals surface area contributed by atoms with Gasteiger partial charge >= 0.3 is 0 Å². The van der Waals surface area contributed by atoms with E-state index in [-0.39, 0.29) is 11.8 Å². The fourth-order valence-corrected chi connectivity index (χ4v) is 1.92. The molecule has 2 aliphatic rings. The number of hydrogen-bond acceptors (Lipinski definition) is 1. The summed E-state index contributed by atoms with van der Waals surface area (Å²) in [6.45, 7) is 3.98. The van der Waals surface area contributed by atoms with Gasteiger partial charge in [0, 0.05) is 6.04 Å². The Bertz CT molecular complexity index is 230. The SMILES string of the molecule is C=C1CCCCC1C(=O)NC1CC1. The first-order valence-corrected chi connectivity index (χ1v) is 5.25. The van der Waals surface area contributed by atoms with E-state index in [4.69, 9.17) is 0 Å². The molecule has 0 spiro atoms. The maximum atomic E-state index is 11.7. The molecule has 2 nitrogen and oxygen atoms in total. The normalized spacial score (nSPS) is 28.6. The molecule has 2 saturated carbocycles. The van der Waals surface area contributed by atoms with E-state index in [2.05, 4.69) is 11.9 Å². The third-order valence-corrected chi connectivity index (χ3v) is 2.97. The maximum Gasteiger partial charge on any atom is 0.227 e. The van der Waals surface area contributed by atoms with Gasteiger partial charge in [0.25, 0.3) is 0 Å². The Morgan fingerprint density at radius 2 is 2.08 bits per heavy atom.